The largest absolute Gasteiger partial charge is 0.379 e. The molecule has 1 unspecified atom stereocenters. The molecule has 1 aliphatic rings. The van der Waals surface area contributed by atoms with Gasteiger partial charge in [0.2, 0.25) is 5.91 Å². The number of nitrogens with one attached hydrogen (secondary N) is 1. The van der Waals surface area contributed by atoms with Crippen molar-refractivity contribution >= 4 is 11.8 Å². The van der Waals surface area contributed by atoms with Crippen LogP contribution in [0, 0.1) is 0 Å². The average Bonchev–Trinajstić information content (AvgIpc) is 2.41. The molecule has 0 aliphatic carbocycles. The zero-order valence-corrected chi connectivity index (χ0v) is 8.06. The Balaban J connectivity index is 2.18. The molecule has 0 aromatic heterocycles. The van der Waals surface area contributed by atoms with Crippen molar-refractivity contribution < 1.29 is 14.7 Å². The van der Waals surface area contributed by atoms with Gasteiger partial charge in [0, 0.05) is 6.42 Å². The standard InChI is InChI=1S/C11H11NO3/c13-9-7-11(15,10(14)12-9)6-8-4-2-1-3-5-8/h1-5,15H,6-7H2,(H,12,13,14). The van der Waals surface area contributed by atoms with Crippen LogP contribution in [0.4, 0.5) is 0 Å². The fourth-order valence-electron chi connectivity index (χ4n) is 1.71. The van der Waals surface area contributed by atoms with Gasteiger partial charge in [0.1, 0.15) is 0 Å². The molecule has 2 amide bonds. The zero-order chi connectivity index (χ0) is 10.9. The average molecular weight is 205 g/mol. The van der Waals surface area contributed by atoms with Crippen molar-refractivity contribution in [2.75, 3.05) is 0 Å². The molecule has 1 heterocycles. The molecule has 1 aliphatic heterocycles. The lowest BCUT2D eigenvalue weighted by molar-refractivity contribution is -0.135. The summed E-state index contributed by atoms with van der Waals surface area (Å²) in [5, 5.41) is 12.1. The van der Waals surface area contributed by atoms with E-state index in [1.807, 2.05) is 30.3 Å². The summed E-state index contributed by atoms with van der Waals surface area (Å²) >= 11 is 0. The summed E-state index contributed by atoms with van der Waals surface area (Å²) in [6, 6.07) is 9.14. The maximum atomic E-state index is 11.3. The molecule has 2 N–H and O–H groups in total. The van der Waals surface area contributed by atoms with Crippen LogP contribution in [0.2, 0.25) is 0 Å². The second kappa shape index (κ2) is 3.47. The van der Waals surface area contributed by atoms with Crippen molar-refractivity contribution in [3.63, 3.8) is 0 Å². The molecule has 2 rings (SSSR count). The fourth-order valence-corrected chi connectivity index (χ4v) is 1.71. The lowest BCUT2D eigenvalue weighted by Crippen LogP contribution is -2.39. The SMILES string of the molecule is O=C1CC(O)(Cc2ccccc2)C(=O)N1. The Morgan fingerprint density at radius 1 is 1.27 bits per heavy atom. The molecule has 1 fully saturated rings. The first-order chi connectivity index (χ1) is 7.10. The highest BCUT2D eigenvalue weighted by Gasteiger charge is 2.44. The molecular weight excluding hydrogens is 194 g/mol. The Labute approximate surface area is 86.9 Å². The van der Waals surface area contributed by atoms with Gasteiger partial charge < -0.3 is 5.11 Å². The van der Waals surface area contributed by atoms with Crippen LogP contribution >= 0.6 is 0 Å². The minimum Gasteiger partial charge on any atom is -0.379 e. The highest BCUT2D eigenvalue weighted by Crippen LogP contribution is 2.22. The van der Waals surface area contributed by atoms with Crippen LogP contribution in [0.5, 0.6) is 0 Å². The van der Waals surface area contributed by atoms with Crippen molar-refractivity contribution in [1.29, 1.82) is 0 Å². The van der Waals surface area contributed by atoms with E-state index in [0.29, 0.717) is 0 Å². The summed E-state index contributed by atoms with van der Waals surface area (Å²) in [4.78, 5) is 22.3. The van der Waals surface area contributed by atoms with Crippen molar-refractivity contribution in [2.24, 2.45) is 0 Å². The zero-order valence-electron chi connectivity index (χ0n) is 8.06. The van der Waals surface area contributed by atoms with Crippen LogP contribution in [0.1, 0.15) is 12.0 Å². The third kappa shape index (κ3) is 1.89. The Morgan fingerprint density at radius 3 is 2.47 bits per heavy atom. The Bertz CT molecular complexity index is 402. The molecule has 4 heteroatoms. The van der Waals surface area contributed by atoms with E-state index in [0.717, 1.165) is 5.56 Å². The highest BCUT2D eigenvalue weighted by molar-refractivity contribution is 6.07. The van der Waals surface area contributed by atoms with E-state index < -0.39 is 17.4 Å². The van der Waals surface area contributed by atoms with Crippen LogP contribution in [0.25, 0.3) is 0 Å². The first kappa shape index (κ1) is 9.86. The van der Waals surface area contributed by atoms with Crippen molar-refractivity contribution in [3.8, 4) is 0 Å². The number of amides is 2. The van der Waals surface area contributed by atoms with E-state index in [1.54, 1.807) is 0 Å². The Morgan fingerprint density at radius 2 is 1.93 bits per heavy atom. The summed E-state index contributed by atoms with van der Waals surface area (Å²) in [5.74, 6) is -1.02. The van der Waals surface area contributed by atoms with Gasteiger partial charge in [-0.15, -0.1) is 0 Å². The molecule has 15 heavy (non-hydrogen) atoms. The van der Waals surface area contributed by atoms with Gasteiger partial charge in [0.05, 0.1) is 6.42 Å². The van der Waals surface area contributed by atoms with Crippen molar-refractivity contribution in [1.82, 2.24) is 5.32 Å². The van der Waals surface area contributed by atoms with Crippen LogP contribution in [-0.2, 0) is 16.0 Å². The smallest absolute Gasteiger partial charge is 0.259 e. The second-order valence-electron chi connectivity index (χ2n) is 3.75. The molecule has 0 spiro atoms. The molecule has 1 aromatic rings. The van der Waals surface area contributed by atoms with Gasteiger partial charge in [0.15, 0.2) is 5.60 Å². The third-order valence-corrected chi connectivity index (χ3v) is 2.47. The van der Waals surface area contributed by atoms with E-state index in [1.165, 1.54) is 0 Å². The van der Waals surface area contributed by atoms with Gasteiger partial charge in [-0.2, -0.15) is 0 Å². The van der Waals surface area contributed by atoms with Gasteiger partial charge in [-0.3, -0.25) is 14.9 Å². The van der Waals surface area contributed by atoms with Gasteiger partial charge in [-0.25, -0.2) is 0 Å². The number of hydrogen-bond acceptors (Lipinski definition) is 3. The number of hydrogen-bond donors (Lipinski definition) is 2. The lowest BCUT2D eigenvalue weighted by atomic mass is 9.93. The summed E-state index contributed by atoms with van der Waals surface area (Å²) in [6.45, 7) is 0. The predicted molar refractivity (Wildman–Crippen MR) is 52.9 cm³/mol. The summed E-state index contributed by atoms with van der Waals surface area (Å²) in [6.07, 6.45) is 0.0200. The van der Waals surface area contributed by atoms with E-state index in [9.17, 15) is 14.7 Å². The quantitative estimate of drug-likeness (QED) is 0.668. The number of benzene rings is 1. The molecule has 1 atom stereocenters. The summed E-state index contributed by atoms with van der Waals surface area (Å²) < 4.78 is 0. The van der Waals surface area contributed by atoms with E-state index >= 15 is 0 Å². The minimum absolute atomic E-state index is 0.152. The van der Waals surface area contributed by atoms with Gasteiger partial charge in [0.25, 0.3) is 5.91 Å². The summed E-state index contributed by atoms with van der Waals surface area (Å²) in [7, 11) is 0. The number of rotatable bonds is 2. The van der Waals surface area contributed by atoms with E-state index in [4.69, 9.17) is 0 Å². The van der Waals surface area contributed by atoms with E-state index in [-0.39, 0.29) is 12.8 Å². The molecule has 0 saturated carbocycles. The Hall–Kier alpha value is -1.68. The first-order valence-corrected chi connectivity index (χ1v) is 4.71. The number of carbonyl (C=O) groups excluding carboxylic acids is 2. The maximum Gasteiger partial charge on any atom is 0.259 e. The topological polar surface area (TPSA) is 66.4 Å². The van der Waals surface area contributed by atoms with Crippen LogP contribution in [0.15, 0.2) is 30.3 Å². The van der Waals surface area contributed by atoms with Gasteiger partial charge >= 0.3 is 0 Å². The lowest BCUT2D eigenvalue weighted by Gasteiger charge is -2.17. The minimum atomic E-state index is -1.57. The third-order valence-electron chi connectivity index (χ3n) is 2.47. The van der Waals surface area contributed by atoms with Gasteiger partial charge in [-0.05, 0) is 5.56 Å². The van der Waals surface area contributed by atoms with Crippen LogP contribution in [-0.4, -0.2) is 22.5 Å². The molecule has 0 bridgehead atoms. The summed E-state index contributed by atoms with van der Waals surface area (Å²) in [5.41, 5.74) is -0.733. The molecule has 1 saturated heterocycles. The van der Waals surface area contributed by atoms with Gasteiger partial charge in [-0.1, -0.05) is 30.3 Å². The Kier molecular flexibility index (Phi) is 2.28. The van der Waals surface area contributed by atoms with Crippen molar-refractivity contribution in [3.05, 3.63) is 35.9 Å². The van der Waals surface area contributed by atoms with Crippen LogP contribution < -0.4 is 5.32 Å². The fraction of sp³-hybridized carbons (Fsp3) is 0.273. The molecular formula is C11H11NO3. The predicted octanol–water partition coefficient (Wildman–Crippen LogP) is 0.00670. The number of aliphatic hydroxyl groups is 1. The molecule has 78 valence electrons. The van der Waals surface area contributed by atoms with E-state index in [2.05, 4.69) is 5.32 Å². The molecule has 0 radical (unpaired) electrons. The first-order valence-electron chi connectivity index (χ1n) is 4.71. The highest BCUT2D eigenvalue weighted by atomic mass is 16.3. The number of imide groups is 1. The second-order valence-corrected chi connectivity index (χ2v) is 3.75. The van der Waals surface area contributed by atoms with Crippen molar-refractivity contribution in [2.45, 2.75) is 18.4 Å². The normalized spacial score (nSPS) is 25.4. The number of carbonyl (C=O) groups is 2. The molecule has 1 aromatic carbocycles. The maximum absolute atomic E-state index is 11.3. The van der Waals surface area contributed by atoms with Crippen LogP contribution in [0.3, 0.4) is 0 Å². The molecule has 4 nitrogen and oxygen atoms in total. The monoisotopic (exact) mass is 205 g/mol.